The van der Waals surface area contributed by atoms with Gasteiger partial charge in [0.25, 0.3) is 5.22 Å². The van der Waals surface area contributed by atoms with E-state index in [0.717, 1.165) is 29.0 Å². The van der Waals surface area contributed by atoms with Gasteiger partial charge in [-0.15, -0.1) is 0 Å². The first-order chi connectivity index (χ1) is 13.0. The fourth-order valence-electron chi connectivity index (χ4n) is 2.50. The molecule has 0 aliphatic carbocycles. The molecule has 3 aromatic rings. The van der Waals surface area contributed by atoms with Crippen molar-refractivity contribution in [1.29, 1.82) is 0 Å². The molecular formula is C20H17Cl2NO3S. The fraction of sp³-hybridized carbons (Fsp3) is 0.200. The number of thioether (sulfide) groups is 1. The maximum Gasteiger partial charge on any atom is 0.303 e. The van der Waals surface area contributed by atoms with Gasteiger partial charge in [-0.1, -0.05) is 47.1 Å². The van der Waals surface area contributed by atoms with Crippen LogP contribution in [0.25, 0.3) is 22.6 Å². The molecule has 0 radical (unpaired) electrons. The fourth-order valence-corrected chi connectivity index (χ4v) is 3.57. The first kappa shape index (κ1) is 19.8. The van der Waals surface area contributed by atoms with Gasteiger partial charge in [-0.05, 0) is 49.2 Å². The third kappa shape index (κ3) is 5.51. The first-order valence-corrected chi connectivity index (χ1v) is 10.1. The standard InChI is InChI=1S/C20H17Cl2NO3S/c21-15-8-4-13(5-9-15)18-19(14-6-10-16(22)11-7-14)26-20(23-18)27-12-2-1-3-17(24)25/h4-11H,1-3,12H2,(H,24,25). The topological polar surface area (TPSA) is 63.3 Å². The Morgan fingerprint density at radius 3 is 2.15 bits per heavy atom. The number of hydrogen-bond donors (Lipinski definition) is 1. The summed E-state index contributed by atoms with van der Waals surface area (Å²) in [6.45, 7) is 0. The van der Waals surface area contributed by atoms with Crippen molar-refractivity contribution < 1.29 is 14.3 Å². The van der Waals surface area contributed by atoms with Crippen LogP contribution >= 0.6 is 35.0 Å². The highest BCUT2D eigenvalue weighted by molar-refractivity contribution is 7.99. The number of oxazole rings is 1. The van der Waals surface area contributed by atoms with Crippen molar-refractivity contribution in [3.8, 4) is 22.6 Å². The van der Waals surface area contributed by atoms with E-state index in [4.69, 9.17) is 32.7 Å². The smallest absolute Gasteiger partial charge is 0.303 e. The molecule has 4 nitrogen and oxygen atoms in total. The van der Waals surface area contributed by atoms with E-state index in [9.17, 15) is 4.79 Å². The molecule has 0 fully saturated rings. The van der Waals surface area contributed by atoms with Gasteiger partial charge in [0.1, 0.15) is 5.69 Å². The summed E-state index contributed by atoms with van der Waals surface area (Å²) in [6.07, 6.45) is 1.60. The molecule has 0 bridgehead atoms. The van der Waals surface area contributed by atoms with Gasteiger partial charge in [0.2, 0.25) is 0 Å². The van der Waals surface area contributed by atoms with E-state index >= 15 is 0 Å². The molecule has 3 rings (SSSR count). The number of rotatable bonds is 8. The average molecular weight is 422 g/mol. The van der Waals surface area contributed by atoms with Crippen LogP contribution in [0.15, 0.2) is 58.2 Å². The molecule has 1 N–H and O–H groups in total. The zero-order chi connectivity index (χ0) is 19.2. The number of halogens is 2. The third-order valence-corrected chi connectivity index (χ3v) is 5.26. The maximum absolute atomic E-state index is 10.6. The number of carboxylic acids is 1. The molecule has 0 saturated carbocycles. The maximum atomic E-state index is 10.6. The molecule has 2 aromatic carbocycles. The van der Waals surface area contributed by atoms with E-state index in [0.29, 0.717) is 27.4 Å². The summed E-state index contributed by atoms with van der Waals surface area (Å²) in [6, 6.07) is 14.8. The number of aromatic nitrogens is 1. The van der Waals surface area contributed by atoms with Gasteiger partial charge >= 0.3 is 5.97 Å². The largest absolute Gasteiger partial charge is 0.481 e. The van der Waals surface area contributed by atoms with E-state index in [1.807, 2.05) is 48.5 Å². The Labute approximate surface area is 171 Å². The molecule has 1 aromatic heterocycles. The summed E-state index contributed by atoms with van der Waals surface area (Å²) in [5, 5.41) is 10.6. The number of nitrogens with zero attached hydrogens (tertiary/aromatic N) is 1. The molecular weight excluding hydrogens is 405 g/mol. The van der Waals surface area contributed by atoms with Crippen LogP contribution in [-0.2, 0) is 4.79 Å². The normalized spacial score (nSPS) is 10.9. The minimum atomic E-state index is -0.772. The Balaban J connectivity index is 1.83. The molecule has 0 amide bonds. The lowest BCUT2D eigenvalue weighted by Crippen LogP contribution is -1.94. The van der Waals surface area contributed by atoms with E-state index in [-0.39, 0.29) is 6.42 Å². The molecule has 0 aliphatic heterocycles. The van der Waals surface area contributed by atoms with E-state index < -0.39 is 5.97 Å². The van der Waals surface area contributed by atoms with Crippen LogP contribution in [0, 0.1) is 0 Å². The molecule has 140 valence electrons. The number of carbonyl (C=O) groups is 1. The second-order valence-corrected chi connectivity index (χ2v) is 7.79. The second kappa shape index (κ2) is 9.31. The monoisotopic (exact) mass is 421 g/mol. The van der Waals surface area contributed by atoms with Crippen LogP contribution in [0.4, 0.5) is 0 Å². The highest BCUT2D eigenvalue weighted by Crippen LogP contribution is 2.36. The average Bonchev–Trinajstić information content (AvgIpc) is 3.06. The minimum absolute atomic E-state index is 0.179. The van der Waals surface area contributed by atoms with Crippen LogP contribution in [0.1, 0.15) is 19.3 Å². The zero-order valence-electron chi connectivity index (χ0n) is 14.3. The molecule has 27 heavy (non-hydrogen) atoms. The lowest BCUT2D eigenvalue weighted by Gasteiger charge is -2.02. The van der Waals surface area contributed by atoms with Crippen LogP contribution in [-0.4, -0.2) is 21.8 Å². The van der Waals surface area contributed by atoms with E-state index in [1.165, 1.54) is 11.8 Å². The molecule has 0 unspecified atom stereocenters. The molecule has 0 atom stereocenters. The number of aliphatic carboxylic acids is 1. The van der Waals surface area contributed by atoms with E-state index in [1.54, 1.807) is 0 Å². The lowest BCUT2D eigenvalue weighted by molar-refractivity contribution is -0.137. The predicted octanol–water partition coefficient (Wildman–Crippen LogP) is 6.66. The minimum Gasteiger partial charge on any atom is -0.481 e. The number of hydrogen-bond acceptors (Lipinski definition) is 4. The molecule has 0 saturated heterocycles. The van der Waals surface area contributed by atoms with Crippen LogP contribution < -0.4 is 0 Å². The summed E-state index contributed by atoms with van der Waals surface area (Å²) < 4.78 is 6.01. The Morgan fingerprint density at radius 2 is 1.56 bits per heavy atom. The lowest BCUT2D eigenvalue weighted by atomic mass is 10.1. The molecule has 7 heteroatoms. The van der Waals surface area contributed by atoms with Crippen molar-refractivity contribution in [3.05, 3.63) is 58.6 Å². The van der Waals surface area contributed by atoms with Crippen molar-refractivity contribution in [1.82, 2.24) is 4.98 Å². The van der Waals surface area contributed by atoms with Crippen LogP contribution in [0.2, 0.25) is 10.0 Å². The summed E-state index contributed by atoms with van der Waals surface area (Å²) in [5.74, 6) is 0.640. The Hall–Kier alpha value is -1.95. The van der Waals surface area contributed by atoms with Crippen LogP contribution in [0.3, 0.4) is 0 Å². The summed E-state index contributed by atoms with van der Waals surface area (Å²) in [7, 11) is 0. The molecule has 1 heterocycles. The van der Waals surface area contributed by atoms with Gasteiger partial charge in [0.05, 0.1) is 0 Å². The predicted molar refractivity (Wildman–Crippen MR) is 110 cm³/mol. The number of unbranched alkanes of at least 4 members (excludes halogenated alkanes) is 1. The SMILES string of the molecule is O=C(O)CCCCSc1nc(-c2ccc(Cl)cc2)c(-c2ccc(Cl)cc2)o1. The zero-order valence-corrected chi connectivity index (χ0v) is 16.7. The van der Waals surface area contributed by atoms with Crippen LogP contribution in [0.5, 0.6) is 0 Å². The number of carboxylic acid groups (broad SMARTS) is 1. The number of benzene rings is 2. The van der Waals surface area contributed by atoms with Gasteiger partial charge in [-0.3, -0.25) is 4.79 Å². The quantitative estimate of drug-likeness (QED) is 0.325. The highest BCUT2D eigenvalue weighted by atomic mass is 35.5. The van der Waals surface area contributed by atoms with Gasteiger partial charge in [0.15, 0.2) is 5.76 Å². The van der Waals surface area contributed by atoms with Crippen molar-refractivity contribution in [2.45, 2.75) is 24.5 Å². The summed E-state index contributed by atoms with van der Waals surface area (Å²) in [4.78, 5) is 15.2. The van der Waals surface area contributed by atoms with Gasteiger partial charge in [-0.2, -0.15) is 0 Å². The molecule has 0 spiro atoms. The van der Waals surface area contributed by atoms with Crippen molar-refractivity contribution >= 4 is 40.9 Å². The first-order valence-electron chi connectivity index (χ1n) is 8.40. The van der Waals surface area contributed by atoms with Crippen molar-refractivity contribution in [2.75, 3.05) is 5.75 Å². The second-order valence-electron chi connectivity index (χ2n) is 5.87. The van der Waals surface area contributed by atoms with Gasteiger partial charge in [0, 0.05) is 33.3 Å². The van der Waals surface area contributed by atoms with Crippen molar-refractivity contribution in [3.63, 3.8) is 0 Å². The highest BCUT2D eigenvalue weighted by Gasteiger charge is 2.17. The Morgan fingerprint density at radius 1 is 0.963 bits per heavy atom. The Bertz CT molecular complexity index is 845. The molecule has 0 aliphatic rings. The van der Waals surface area contributed by atoms with Crippen molar-refractivity contribution in [2.24, 2.45) is 0 Å². The summed E-state index contributed by atoms with van der Waals surface area (Å²) >= 11 is 13.5. The Kier molecular flexibility index (Phi) is 6.83. The van der Waals surface area contributed by atoms with E-state index in [2.05, 4.69) is 4.98 Å². The third-order valence-electron chi connectivity index (χ3n) is 3.84. The van der Waals surface area contributed by atoms with Gasteiger partial charge in [-0.25, -0.2) is 4.98 Å². The summed E-state index contributed by atoms with van der Waals surface area (Å²) in [5.41, 5.74) is 2.53. The van der Waals surface area contributed by atoms with Gasteiger partial charge < -0.3 is 9.52 Å².